The van der Waals surface area contributed by atoms with Crippen molar-refractivity contribution in [3.8, 4) is 0 Å². The average Bonchev–Trinajstić information content (AvgIpc) is 2.85. The van der Waals surface area contributed by atoms with E-state index in [0.29, 0.717) is 0 Å². The number of sulfonamides is 1. The Kier molecular flexibility index (Phi) is 6.83. The Bertz CT molecular complexity index is 554. The first kappa shape index (κ1) is 17.6. The van der Waals surface area contributed by atoms with Crippen molar-refractivity contribution in [1.29, 1.82) is 0 Å². The first-order valence-electron chi connectivity index (χ1n) is 7.11. The van der Waals surface area contributed by atoms with Gasteiger partial charge < -0.3 is 5.11 Å². The van der Waals surface area contributed by atoms with Crippen LogP contribution in [0.2, 0.25) is 0 Å². The largest absolute Gasteiger partial charge is 0.481 e. The monoisotopic (exact) mass is 317 g/mol. The highest BCUT2D eigenvalue weighted by Gasteiger charge is 2.19. The Morgan fingerprint density at radius 1 is 1.48 bits per heavy atom. The fourth-order valence-corrected chi connectivity index (χ4v) is 3.14. The van der Waals surface area contributed by atoms with E-state index in [-0.39, 0.29) is 23.9 Å². The third kappa shape index (κ3) is 6.26. The SMILES string of the molecule is CCCCCC(C)NS(=O)(=O)c1cnn(CCC(=O)O)c1. The van der Waals surface area contributed by atoms with Gasteiger partial charge in [0.2, 0.25) is 10.0 Å². The van der Waals surface area contributed by atoms with Gasteiger partial charge in [-0.05, 0) is 13.3 Å². The van der Waals surface area contributed by atoms with Gasteiger partial charge >= 0.3 is 5.97 Å². The Balaban J connectivity index is 2.59. The molecule has 0 aromatic carbocycles. The molecule has 0 saturated carbocycles. The van der Waals surface area contributed by atoms with Crippen LogP contribution in [0.3, 0.4) is 0 Å². The van der Waals surface area contributed by atoms with Crippen molar-refractivity contribution in [2.45, 2.75) is 63.4 Å². The van der Waals surface area contributed by atoms with Gasteiger partial charge in [0.1, 0.15) is 4.90 Å². The maximum absolute atomic E-state index is 12.1. The zero-order valence-electron chi connectivity index (χ0n) is 12.4. The smallest absolute Gasteiger partial charge is 0.305 e. The molecule has 1 rings (SSSR count). The number of carboxylic acids is 1. The van der Waals surface area contributed by atoms with E-state index >= 15 is 0 Å². The molecule has 0 saturated heterocycles. The Morgan fingerprint density at radius 2 is 2.19 bits per heavy atom. The van der Waals surface area contributed by atoms with Crippen LogP contribution in [0.15, 0.2) is 17.3 Å². The molecule has 0 amide bonds. The normalized spacial score (nSPS) is 13.2. The molecule has 0 spiro atoms. The molecule has 1 heterocycles. The Hall–Kier alpha value is -1.41. The molecule has 0 aliphatic carbocycles. The summed E-state index contributed by atoms with van der Waals surface area (Å²) in [4.78, 5) is 10.5. The molecule has 0 radical (unpaired) electrons. The van der Waals surface area contributed by atoms with E-state index < -0.39 is 16.0 Å². The predicted molar refractivity (Wildman–Crippen MR) is 78.4 cm³/mol. The molecule has 1 aromatic rings. The fraction of sp³-hybridized carbons (Fsp3) is 0.692. The summed E-state index contributed by atoms with van der Waals surface area (Å²) in [6, 6.07) is -0.135. The zero-order valence-corrected chi connectivity index (χ0v) is 13.3. The number of hydrogen-bond donors (Lipinski definition) is 2. The molecule has 2 N–H and O–H groups in total. The van der Waals surface area contributed by atoms with Gasteiger partial charge in [0.05, 0.1) is 19.2 Å². The lowest BCUT2D eigenvalue weighted by Gasteiger charge is -2.12. The zero-order chi connectivity index (χ0) is 15.9. The maximum atomic E-state index is 12.1. The van der Waals surface area contributed by atoms with Crippen LogP contribution in [0.25, 0.3) is 0 Å². The molecule has 7 nitrogen and oxygen atoms in total. The summed E-state index contributed by atoms with van der Waals surface area (Å²) in [5.74, 6) is -0.947. The molecule has 21 heavy (non-hydrogen) atoms. The van der Waals surface area contributed by atoms with Crippen molar-refractivity contribution in [2.24, 2.45) is 0 Å². The van der Waals surface area contributed by atoms with E-state index in [1.807, 2.05) is 6.92 Å². The molecule has 0 bridgehead atoms. The third-order valence-electron chi connectivity index (χ3n) is 3.07. The molecule has 0 fully saturated rings. The lowest BCUT2D eigenvalue weighted by molar-refractivity contribution is -0.137. The quantitative estimate of drug-likeness (QED) is 0.638. The van der Waals surface area contributed by atoms with Gasteiger partial charge in [0, 0.05) is 12.2 Å². The van der Waals surface area contributed by atoms with Gasteiger partial charge in [-0.15, -0.1) is 0 Å². The minimum Gasteiger partial charge on any atom is -0.481 e. The molecule has 1 atom stereocenters. The van der Waals surface area contributed by atoms with Crippen molar-refractivity contribution in [1.82, 2.24) is 14.5 Å². The van der Waals surface area contributed by atoms with Crippen LogP contribution in [0.1, 0.15) is 46.0 Å². The molecule has 0 aliphatic rings. The van der Waals surface area contributed by atoms with E-state index in [1.165, 1.54) is 17.1 Å². The second-order valence-corrected chi connectivity index (χ2v) is 6.81. The number of aliphatic carboxylic acids is 1. The number of carboxylic acid groups (broad SMARTS) is 1. The second kappa shape index (κ2) is 8.14. The van der Waals surface area contributed by atoms with E-state index in [9.17, 15) is 13.2 Å². The number of aromatic nitrogens is 2. The number of aryl methyl sites for hydroxylation is 1. The number of rotatable bonds is 10. The molecule has 1 aromatic heterocycles. The lowest BCUT2D eigenvalue weighted by atomic mass is 10.1. The highest BCUT2D eigenvalue weighted by atomic mass is 32.2. The van der Waals surface area contributed by atoms with Crippen LogP contribution in [0.4, 0.5) is 0 Å². The minimum atomic E-state index is -3.60. The number of nitrogens with one attached hydrogen (secondary N) is 1. The van der Waals surface area contributed by atoms with Crippen LogP contribution in [0.5, 0.6) is 0 Å². The molecule has 8 heteroatoms. The Morgan fingerprint density at radius 3 is 2.81 bits per heavy atom. The topological polar surface area (TPSA) is 101 Å². The van der Waals surface area contributed by atoms with Gasteiger partial charge in [-0.3, -0.25) is 9.48 Å². The van der Waals surface area contributed by atoms with Crippen LogP contribution < -0.4 is 4.72 Å². The van der Waals surface area contributed by atoms with Crippen molar-refractivity contribution < 1.29 is 18.3 Å². The van der Waals surface area contributed by atoms with E-state index in [2.05, 4.69) is 16.7 Å². The van der Waals surface area contributed by atoms with Crippen LogP contribution >= 0.6 is 0 Å². The fourth-order valence-electron chi connectivity index (χ4n) is 1.91. The van der Waals surface area contributed by atoms with Crippen molar-refractivity contribution in [3.63, 3.8) is 0 Å². The van der Waals surface area contributed by atoms with E-state index in [1.54, 1.807) is 0 Å². The first-order chi connectivity index (χ1) is 9.85. The summed E-state index contributed by atoms with van der Waals surface area (Å²) in [5.41, 5.74) is 0. The number of carbonyl (C=O) groups is 1. The highest BCUT2D eigenvalue weighted by Crippen LogP contribution is 2.10. The summed E-state index contributed by atoms with van der Waals surface area (Å²) >= 11 is 0. The van der Waals surface area contributed by atoms with Crippen LogP contribution in [-0.2, 0) is 21.4 Å². The summed E-state index contributed by atoms with van der Waals surface area (Å²) < 4.78 is 28.2. The van der Waals surface area contributed by atoms with Gasteiger partial charge in [-0.2, -0.15) is 5.10 Å². The molecule has 120 valence electrons. The average molecular weight is 317 g/mol. The van der Waals surface area contributed by atoms with Gasteiger partial charge in [0.25, 0.3) is 0 Å². The summed E-state index contributed by atoms with van der Waals surface area (Å²) in [6.07, 6.45) is 6.45. The second-order valence-electron chi connectivity index (χ2n) is 5.10. The number of nitrogens with zero attached hydrogens (tertiary/aromatic N) is 2. The number of unbranched alkanes of at least 4 members (excludes halogenated alkanes) is 2. The van der Waals surface area contributed by atoms with Gasteiger partial charge in [-0.1, -0.05) is 26.2 Å². The molecular formula is C13H23N3O4S. The Labute approximate surface area is 125 Å². The maximum Gasteiger partial charge on any atom is 0.305 e. The highest BCUT2D eigenvalue weighted by molar-refractivity contribution is 7.89. The summed E-state index contributed by atoms with van der Waals surface area (Å²) in [7, 11) is -3.60. The van der Waals surface area contributed by atoms with Crippen molar-refractivity contribution in [3.05, 3.63) is 12.4 Å². The van der Waals surface area contributed by atoms with Crippen molar-refractivity contribution >= 4 is 16.0 Å². The summed E-state index contributed by atoms with van der Waals surface area (Å²) in [6.45, 7) is 4.08. The van der Waals surface area contributed by atoms with E-state index in [4.69, 9.17) is 5.11 Å². The third-order valence-corrected chi connectivity index (χ3v) is 4.62. The molecule has 0 aliphatic heterocycles. The van der Waals surface area contributed by atoms with Crippen LogP contribution in [-0.4, -0.2) is 35.3 Å². The molecular weight excluding hydrogens is 294 g/mol. The lowest BCUT2D eigenvalue weighted by Crippen LogP contribution is -2.32. The van der Waals surface area contributed by atoms with Crippen molar-refractivity contribution in [2.75, 3.05) is 0 Å². The number of hydrogen-bond acceptors (Lipinski definition) is 4. The van der Waals surface area contributed by atoms with Crippen LogP contribution in [0, 0.1) is 0 Å². The molecule has 1 unspecified atom stereocenters. The predicted octanol–water partition coefficient (Wildman–Crippen LogP) is 1.60. The van der Waals surface area contributed by atoms with Gasteiger partial charge in [-0.25, -0.2) is 13.1 Å². The summed E-state index contributed by atoms with van der Waals surface area (Å²) in [5, 5.41) is 12.5. The first-order valence-corrected chi connectivity index (χ1v) is 8.60. The minimum absolute atomic E-state index is 0.0650. The standard InChI is InChI=1S/C13H23N3O4S/c1-3-4-5-6-11(2)15-21(19,20)12-9-14-16(10-12)8-7-13(17)18/h9-11,15H,3-8H2,1-2H3,(H,17,18). The van der Waals surface area contributed by atoms with Gasteiger partial charge in [0.15, 0.2) is 0 Å². The van der Waals surface area contributed by atoms with E-state index in [0.717, 1.165) is 25.7 Å².